The van der Waals surface area contributed by atoms with Crippen LogP contribution in [0.3, 0.4) is 0 Å². The number of aromatic nitrogens is 5. The molecule has 4 heterocycles. The second-order valence-electron chi connectivity index (χ2n) is 6.68. The molecule has 0 aliphatic carbocycles. The summed E-state index contributed by atoms with van der Waals surface area (Å²) in [5, 5.41) is 14.0. The van der Waals surface area contributed by atoms with Crippen molar-refractivity contribution >= 4 is 17.6 Å². The number of fused-ring (bicyclic) bond motifs is 1. The highest BCUT2D eigenvalue weighted by Gasteiger charge is 2.20. The van der Waals surface area contributed by atoms with Gasteiger partial charge in [0.1, 0.15) is 5.82 Å². The minimum atomic E-state index is -1.09. The molecule has 0 atom stereocenters. The third-order valence-electron chi connectivity index (χ3n) is 4.85. The number of ether oxygens (including phenoxy) is 1. The standard InChI is InChI=1S/C20H18N6O3/c27-19(28)16-13-25-18(24-8-10-29-11-9-24)12-17(22-20(25)21-16)26-7-6-15(23-26)14-4-2-1-3-5-14/h1-7,12-13H,8-11H2,(H,27,28). The van der Waals surface area contributed by atoms with Crippen molar-refractivity contribution in [2.75, 3.05) is 31.2 Å². The molecule has 0 spiro atoms. The Morgan fingerprint density at radius 2 is 1.86 bits per heavy atom. The molecular weight excluding hydrogens is 372 g/mol. The lowest BCUT2D eigenvalue weighted by molar-refractivity contribution is 0.0691. The van der Waals surface area contributed by atoms with Crippen LogP contribution in [0.5, 0.6) is 0 Å². The predicted molar refractivity (Wildman–Crippen MR) is 106 cm³/mol. The monoisotopic (exact) mass is 390 g/mol. The van der Waals surface area contributed by atoms with Crippen LogP contribution in [0.1, 0.15) is 10.5 Å². The number of morpholine rings is 1. The first-order valence-corrected chi connectivity index (χ1v) is 9.27. The molecule has 0 radical (unpaired) electrons. The second-order valence-corrected chi connectivity index (χ2v) is 6.68. The van der Waals surface area contributed by atoms with E-state index in [0.717, 1.165) is 17.1 Å². The quantitative estimate of drug-likeness (QED) is 0.570. The third-order valence-corrected chi connectivity index (χ3v) is 4.85. The summed E-state index contributed by atoms with van der Waals surface area (Å²) in [7, 11) is 0. The predicted octanol–water partition coefficient (Wildman–Crippen LogP) is 2.12. The summed E-state index contributed by atoms with van der Waals surface area (Å²) in [6.45, 7) is 2.63. The fourth-order valence-electron chi connectivity index (χ4n) is 3.41. The molecule has 0 saturated carbocycles. The smallest absolute Gasteiger partial charge is 0.356 e. The molecule has 9 heteroatoms. The topological polar surface area (TPSA) is 97.8 Å². The van der Waals surface area contributed by atoms with Gasteiger partial charge in [0.05, 0.1) is 18.9 Å². The zero-order chi connectivity index (χ0) is 19.8. The van der Waals surface area contributed by atoms with Gasteiger partial charge in [-0.1, -0.05) is 30.3 Å². The van der Waals surface area contributed by atoms with E-state index in [1.807, 2.05) is 48.7 Å². The van der Waals surface area contributed by atoms with Gasteiger partial charge in [-0.05, 0) is 6.07 Å². The number of carboxylic acids is 1. The number of benzene rings is 1. The van der Waals surface area contributed by atoms with Crippen LogP contribution in [-0.2, 0) is 4.74 Å². The number of hydrogen-bond acceptors (Lipinski definition) is 6. The molecule has 1 aliphatic rings. The summed E-state index contributed by atoms with van der Waals surface area (Å²) in [5.74, 6) is 0.613. The number of rotatable bonds is 4. The van der Waals surface area contributed by atoms with Crippen LogP contribution in [0, 0.1) is 0 Å². The molecule has 1 saturated heterocycles. The average molecular weight is 390 g/mol. The van der Waals surface area contributed by atoms with E-state index in [-0.39, 0.29) is 5.69 Å². The highest BCUT2D eigenvalue weighted by molar-refractivity contribution is 5.86. The summed E-state index contributed by atoms with van der Waals surface area (Å²) >= 11 is 0. The van der Waals surface area contributed by atoms with E-state index in [1.165, 1.54) is 6.20 Å². The number of imidazole rings is 1. The van der Waals surface area contributed by atoms with E-state index in [0.29, 0.717) is 37.9 Å². The zero-order valence-electron chi connectivity index (χ0n) is 15.5. The summed E-state index contributed by atoms with van der Waals surface area (Å²) in [4.78, 5) is 22.3. The van der Waals surface area contributed by atoms with Gasteiger partial charge in [-0.15, -0.1) is 0 Å². The Labute approximate surface area is 165 Å². The maximum atomic E-state index is 11.4. The van der Waals surface area contributed by atoms with E-state index >= 15 is 0 Å². The van der Waals surface area contributed by atoms with Gasteiger partial charge >= 0.3 is 5.97 Å². The molecule has 146 valence electrons. The number of carbonyl (C=O) groups is 1. The van der Waals surface area contributed by atoms with Crippen molar-refractivity contribution in [3.63, 3.8) is 0 Å². The van der Waals surface area contributed by atoms with E-state index in [1.54, 1.807) is 9.08 Å². The number of hydrogen-bond donors (Lipinski definition) is 1. The maximum absolute atomic E-state index is 11.4. The van der Waals surface area contributed by atoms with E-state index in [9.17, 15) is 9.90 Å². The lowest BCUT2D eigenvalue weighted by atomic mass is 10.2. The number of anilines is 1. The van der Waals surface area contributed by atoms with Crippen LogP contribution in [0.4, 0.5) is 5.82 Å². The molecule has 3 aromatic heterocycles. The molecule has 0 bridgehead atoms. The SMILES string of the molecule is O=C(O)c1cn2c(N3CCOCC3)cc(-n3ccc(-c4ccccc4)n3)nc2n1. The van der Waals surface area contributed by atoms with Crippen molar-refractivity contribution in [2.24, 2.45) is 0 Å². The van der Waals surface area contributed by atoms with Crippen LogP contribution >= 0.6 is 0 Å². The number of carboxylic acid groups (broad SMARTS) is 1. The molecule has 1 fully saturated rings. The molecule has 1 aliphatic heterocycles. The van der Waals surface area contributed by atoms with Crippen LogP contribution in [0.15, 0.2) is 54.9 Å². The minimum absolute atomic E-state index is 0.0467. The highest BCUT2D eigenvalue weighted by atomic mass is 16.5. The van der Waals surface area contributed by atoms with E-state index in [2.05, 4.69) is 20.0 Å². The van der Waals surface area contributed by atoms with Crippen molar-refractivity contribution < 1.29 is 14.6 Å². The molecular formula is C20H18N6O3. The Bertz CT molecular complexity index is 1180. The normalized spacial score (nSPS) is 14.4. The fourth-order valence-corrected chi connectivity index (χ4v) is 3.41. The number of nitrogens with zero attached hydrogens (tertiary/aromatic N) is 6. The molecule has 1 aromatic carbocycles. The van der Waals surface area contributed by atoms with Crippen LogP contribution in [0.25, 0.3) is 22.9 Å². The van der Waals surface area contributed by atoms with Crippen molar-refractivity contribution in [1.82, 2.24) is 24.1 Å². The molecule has 0 unspecified atom stereocenters. The Hall–Kier alpha value is -3.72. The third kappa shape index (κ3) is 3.21. The van der Waals surface area contributed by atoms with Gasteiger partial charge in [0.15, 0.2) is 11.5 Å². The summed E-state index contributed by atoms with van der Waals surface area (Å²) < 4.78 is 8.84. The fraction of sp³-hybridized carbons (Fsp3) is 0.200. The van der Waals surface area contributed by atoms with Gasteiger partial charge in [0, 0.05) is 37.1 Å². The molecule has 1 N–H and O–H groups in total. The van der Waals surface area contributed by atoms with Gasteiger partial charge in [-0.25, -0.2) is 14.5 Å². The van der Waals surface area contributed by atoms with Gasteiger partial charge in [-0.2, -0.15) is 10.1 Å². The largest absolute Gasteiger partial charge is 0.476 e. The minimum Gasteiger partial charge on any atom is -0.476 e. The van der Waals surface area contributed by atoms with Gasteiger partial charge in [0.25, 0.3) is 0 Å². The van der Waals surface area contributed by atoms with Gasteiger partial charge in [-0.3, -0.25) is 4.40 Å². The lowest BCUT2D eigenvalue weighted by Gasteiger charge is -2.29. The summed E-state index contributed by atoms with van der Waals surface area (Å²) in [5.41, 5.74) is 1.79. The van der Waals surface area contributed by atoms with Crippen LogP contribution in [0.2, 0.25) is 0 Å². The molecule has 4 aromatic rings. The van der Waals surface area contributed by atoms with Crippen molar-refractivity contribution in [2.45, 2.75) is 0 Å². The Balaban J connectivity index is 1.62. The Kier molecular flexibility index (Phi) is 4.21. The van der Waals surface area contributed by atoms with Crippen LogP contribution in [-0.4, -0.2) is 61.5 Å². The van der Waals surface area contributed by atoms with Crippen molar-refractivity contribution in [1.29, 1.82) is 0 Å². The average Bonchev–Trinajstić information content (AvgIpc) is 3.42. The van der Waals surface area contributed by atoms with Crippen molar-refractivity contribution in [3.05, 3.63) is 60.6 Å². The van der Waals surface area contributed by atoms with Crippen molar-refractivity contribution in [3.8, 4) is 17.1 Å². The van der Waals surface area contributed by atoms with E-state index in [4.69, 9.17) is 4.74 Å². The Morgan fingerprint density at radius 3 is 2.62 bits per heavy atom. The molecule has 0 amide bonds. The second kappa shape index (κ2) is 7.02. The van der Waals surface area contributed by atoms with E-state index < -0.39 is 5.97 Å². The maximum Gasteiger partial charge on any atom is 0.356 e. The first kappa shape index (κ1) is 17.4. The molecule has 29 heavy (non-hydrogen) atoms. The lowest BCUT2D eigenvalue weighted by Crippen LogP contribution is -2.37. The molecule has 5 rings (SSSR count). The summed E-state index contributed by atoms with van der Waals surface area (Å²) in [6, 6.07) is 13.7. The number of aromatic carboxylic acids is 1. The first-order valence-electron chi connectivity index (χ1n) is 9.27. The highest BCUT2D eigenvalue weighted by Crippen LogP contribution is 2.23. The van der Waals surface area contributed by atoms with Gasteiger partial charge in [0.2, 0.25) is 5.78 Å². The summed E-state index contributed by atoms with van der Waals surface area (Å²) in [6.07, 6.45) is 3.34. The zero-order valence-corrected chi connectivity index (χ0v) is 15.5. The van der Waals surface area contributed by atoms with Gasteiger partial charge < -0.3 is 14.7 Å². The first-order chi connectivity index (χ1) is 14.2. The van der Waals surface area contributed by atoms with Crippen LogP contribution < -0.4 is 4.90 Å². The Morgan fingerprint density at radius 1 is 1.07 bits per heavy atom. The molecule has 9 nitrogen and oxygen atoms in total.